The van der Waals surface area contributed by atoms with Gasteiger partial charge in [0, 0.05) is 18.6 Å². The minimum absolute atomic E-state index is 0.200. The normalized spacial score (nSPS) is 22.2. The maximum atomic E-state index is 12.4. The fourth-order valence-corrected chi connectivity index (χ4v) is 2.98. The molecule has 1 aromatic rings. The van der Waals surface area contributed by atoms with E-state index in [1.54, 1.807) is 0 Å². The molecule has 2 atom stereocenters. The minimum atomic E-state index is -0.448. The lowest BCUT2D eigenvalue weighted by molar-refractivity contribution is 0.0125. The zero-order valence-corrected chi connectivity index (χ0v) is 14.1. The Bertz CT molecular complexity index is 482. The van der Waals surface area contributed by atoms with Crippen molar-refractivity contribution in [3.63, 3.8) is 0 Å². The maximum absolute atomic E-state index is 12.4. The van der Waals surface area contributed by atoms with Gasteiger partial charge in [0.15, 0.2) is 0 Å². The SMILES string of the molecule is CCN(C(=O)OC(C)(C)C)C1CCN[C@H](c2ccccc2)C1. The smallest absolute Gasteiger partial charge is 0.410 e. The van der Waals surface area contributed by atoms with Crippen LogP contribution in [0.2, 0.25) is 0 Å². The first-order valence-electron chi connectivity index (χ1n) is 8.18. The van der Waals surface area contributed by atoms with Crippen LogP contribution in [0.1, 0.15) is 52.1 Å². The first kappa shape index (κ1) is 16.8. The van der Waals surface area contributed by atoms with Gasteiger partial charge in [-0.3, -0.25) is 0 Å². The molecule has 22 heavy (non-hydrogen) atoms. The van der Waals surface area contributed by atoms with Crippen LogP contribution < -0.4 is 5.32 Å². The molecular weight excluding hydrogens is 276 g/mol. The van der Waals surface area contributed by atoms with Gasteiger partial charge in [-0.15, -0.1) is 0 Å². The summed E-state index contributed by atoms with van der Waals surface area (Å²) in [6.07, 6.45) is 1.70. The van der Waals surface area contributed by atoms with Gasteiger partial charge in [-0.1, -0.05) is 30.3 Å². The molecule has 0 radical (unpaired) electrons. The van der Waals surface area contributed by atoms with Crippen LogP contribution in [0.3, 0.4) is 0 Å². The third kappa shape index (κ3) is 4.47. The van der Waals surface area contributed by atoms with Gasteiger partial charge < -0.3 is 15.0 Å². The van der Waals surface area contributed by atoms with Crippen molar-refractivity contribution in [2.24, 2.45) is 0 Å². The average Bonchev–Trinajstić information content (AvgIpc) is 2.47. The number of hydrogen-bond acceptors (Lipinski definition) is 3. The number of ether oxygens (including phenoxy) is 1. The highest BCUT2D eigenvalue weighted by Gasteiger charge is 2.31. The van der Waals surface area contributed by atoms with E-state index in [4.69, 9.17) is 4.74 Å². The molecule has 122 valence electrons. The second-order valence-corrected chi connectivity index (χ2v) is 6.86. The highest BCUT2D eigenvalue weighted by molar-refractivity contribution is 5.68. The number of carbonyl (C=O) groups excluding carboxylic acids is 1. The van der Waals surface area contributed by atoms with E-state index in [2.05, 4.69) is 29.6 Å². The zero-order valence-electron chi connectivity index (χ0n) is 14.1. The number of amides is 1. The van der Waals surface area contributed by atoms with Crippen molar-refractivity contribution in [2.75, 3.05) is 13.1 Å². The largest absolute Gasteiger partial charge is 0.444 e. The molecular formula is C18H28N2O2. The summed E-state index contributed by atoms with van der Waals surface area (Å²) in [5.41, 5.74) is 0.837. The van der Waals surface area contributed by atoms with Crippen LogP contribution in [0.15, 0.2) is 30.3 Å². The van der Waals surface area contributed by atoms with Crippen molar-refractivity contribution < 1.29 is 9.53 Å². The van der Waals surface area contributed by atoms with Gasteiger partial charge in [0.1, 0.15) is 5.60 Å². The molecule has 1 unspecified atom stereocenters. The van der Waals surface area contributed by atoms with Crippen LogP contribution in [-0.2, 0) is 4.74 Å². The highest BCUT2D eigenvalue weighted by Crippen LogP contribution is 2.27. The number of carbonyl (C=O) groups is 1. The quantitative estimate of drug-likeness (QED) is 0.925. The number of nitrogens with zero attached hydrogens (tertiary/aromatic N) is 1. The number of piperidine rings is 1. The standard InChI is InChI=1S/C18H28N2O2/c1-5-20(17(21)22-18(2,3)4)15-11-12-19-16(13-15)14-9-7-6-8-10-14/h6-10,15-16,19H,5,11-13H2,1-4H3/t15?,16-/m0/s1. The van der Waals surface area contributed by atoms with Crippen molar-refractivity contribution in [3.05, 3.63) is 35.9 Å². The molecule has 0 aliphatic carbocycles. The predicted octanol–water partition coefficient (Wildman–Crippen LogP) is 3.74. The molecule has 0 spiro atoms. The van der Waals surface area contributed by atoms with Gasteiger partial charge in [-0.25, -0.2) is 4.79 Å². The van der Waals surface area contributed by atoms with E-state index in [0.717, 1.165) is 19.4 Å². The molecule has 1 fully saturated rings. The molecule has 1 heterocycles. The molecule has 1 N–H and O–H groups in total. The lowest BCUT2D eigenvalue weighted by Gasteiger charge is -2.38. The second kappa shape index (κ2) is 7.14. The summed E-state index contributed by atoms with van der Waals surface area (Å²) >= 11 is 0. The lowest BCUT2D eigenvalue weighted by atomic mass is 9.93. The zero-order chi connectivity index (χ0) is 16.2. The third-order valence-electron chi connectivity index (χ3n) is 3.99. The van der Waals surface area contributed by atoms with E-state index < -0.39 is 5.60 Å². The second-order valence-electron chi connectivity index (χ2n) is 6.86. The van der Waals surface area contributed by atoms with Crippen molar-refractivity contribution in [1.29, 1.82) is 0 Å². The summed E-state index contributed by atoms with van der Waals surface area (Å²) in [6, 6.07) is 11.0. The summed E-state index contributed by atoms with van der Waals surface area (Å²) in [5, 5.41) is 3.55. The molecule has 1 saturated heterocycles. The minimum Gasteiger partial charge on any atom is -0.444 e. The van der Waals surface area contributed by atoms with Gasteiger partial charge in [0.25, 0.3) is 0 Å². The molecule has 1 amide bonds. The van der Waals surface area contributed by atoms with E-state index >= 15 is 0 Å². The molecule has 4 heteroatoms. The molecule has 0 bridgehead atoms. The molecule has 1 aliphatic heterocycles. The lowest BCUT2D eigenvalue weighted by Crippen LogP contribution is -2.48. The topological polar surface area (TPSA) is 41.6 Å². The van der Waals surface area contributed by atoms with E-state index in [-0.39, 0.29) is 12.1 Å². The van der Waals surface area contributed by atoms with E-state index in [1.807, 2.05) is 38.7 Å². The van der Waals surface area contributed by atoms with Crippen LogP contribution in [0, 0.1) is 0 Å². The third-order valence-corrected chi connectivity index (χ3v) is 3.99. The Kier molecular flexibility index (Phi) is 5.46. The molecule has 4 nitrogen and oxygen atoms in total. The fourth-order valence-electron chi connectivity index (χ4n) is 2.98. The van der Waals surface area contributed by atoms with Gasteiger partial charge >= 0.3 is 6.09 Å². The first-order chi connectivity index (χ1) is 10.4. The average molecular weight is 304 g/mol. The number of benzene rings is 1. The number of nitrogens with one attached hydrogen (secondary N) is 1. The highest BCUT2D eigenvalue weighted by atomic mass is 16.6. The summed E-state index contributed by atoms with van der Waals surface area (Å²) in [5.74, 6) is 0. The van der Waals surface area contributed by atoms with Crippen LogP contribution >= 0.6 is 0 Å². The summed E-state index contributed by atoms with van der Waals surface area (Å²) in [6.45, 7) is 9.35. The Morgan fingerprint density at radius 2 is 2.00 bits per heavy atom. The Balaban J connectivity index is 2.05. The summed E-state index contributed by atoms with van der Waals surface area (Å²) in [4.78, 5) is 14.3. The Hall–Kier alpha value is -1.55. The first-order valence-corrected chi connectivity index (χ1v) is 8.18. The van der Waals surface area contributed by atoms with Crippen molar-refractivity contribution in [1.82, 2.24) is 10.2 Å². The van der Waals surface area contributed by atoms with Crippen LogP contribution in [0.25, 0.3) is 0 Å². The van der Waals surface area contributed by atoms with Gasteiger partial charge in [0.2, 0.25) is 0 Å². The van der Waals surface area contributed by atoms with Gasteiger partial charge in [0.05, 0.1) is 0 Å². The number of hydrogen-bond donors (Lipinski definition) is 1. The van der Waals surface area contributed by atoms with Crippen molar-refractivity contribution in [2.45, 2.75) is 58.2 Å². The monoisotopic (exact) mass is 304 g/mol. The Labute approximate surface area is 133 Å². The van der Waals surface area contributed by atoms with Gasteiger partial charge in [-0.2, -0.15) is 0 Å². The molecule has 0 saturated carbocycles. The van der Waals surface area contributed by atoms with Crippen molar-refractivity contribution >= 4 is 6.09 Å². The molecule has 1 aliphatic rings. The summed E-state index contributed by atoms with van der Waals surface area (Å²) in [7, 11) is 0. The summed E-state index contributed by atoms with van der Waals surface area (Å²) < 4.78 is 5.55. The maximum Gasteiger partial charge on any atom is 0.410 e. The van der Waals surface area contributed by atoms with Crippen molar-refractivity contribution in [3.8, 4) is 0 Å². The molecule has 0 aromatic heterocycles. The van der Waals surface area contributed by atoms with Crippen LogP contribution in [0.5, 0.6) is 0 Å². The van der Waals surface area contributed by atoms with Crippen LogP contribution in [0.4, 0.5) is 4.79 Å². The Morgan fingerprint density at radius 3 is 2.59 bits per heavy atom. The molecule has 2 rings (SSSR count). The Morgan fingerprint density at radius 1 is 1.32 bits per heavy atom. The van der Waals surface area contributed by atoms with Gasteiger partial charge in [-0.05, 0) is 52.6 Å². The predicted molar refractivity (Wildman–Crippen MR) is 88.8 cm³/mol. The van der Waals surface area contributed by atoms with E-state index in [9.17, 15) is 4.79 Å². The molecule has 1 aromatic carbocycles. The fraction of sp³-hybridized carbons (Fsp3) is 0.611. The van der Waals surface area contributed by atoms with E-state index in [0.29, 0.717) is 12.6 Å². The van der Waals surface area contributed by atoms with Crippen LogP contribution in [-0.4, -0.2) is 35.7 Å². The number of rotatable bonds is 3. The van der Waals surface area contributed by atoms with E-state index in [1.165, 1.54) is 5.56 Å².